The van der Waals surface area contributed by atoms with Crippen molar-refractivity contribution in [1.82, 2.24) is 9.97 Å². The van der Waals surface area contributed by atoms with Crippen LogP contribution < -0.4 is 16.0 Å². The molecule has 3 N–H and O–H groups in total. The number of nitrogens with one attached hydrogen (secondary N) is 1. The summed E-state index contributed by atoms with van der Waals surface area (Å²) in [4.78, 5) is 8.61. The smallest absolute Gasteiger partial charge is 0.218 e. The molecule has 0 spiro atoms. The zero-order valence-electron chi connectivity index (χ0n) is 9.27. The average Bonchev–Trinajstić information content (AvgIpc) is 3.13. The van der Waals surface area contributed by atoms with Crippen LogP contribution in [0.1, 0.15) is 24.6 Å². The number of nitrogens with zero attached hydrogens (tertiary/aromatic N) is 2. The predicted molar refractivity (Wildman–Crippen MR) is 59.2 cm³/mol. The summed E-state index contributed by atoms with van der Waals surface area (Å²) in [5.41, 5.74) is 2.52. The molecule has 6 heteroatoms. The molecule has 0 unspecified atom stereocenters. The van der Waals surface area contributed by atoms with E-state index in [0.717, 1.165) is 18.7 Å². The van der Waals surface area contributed by atoms with Crippen LogP contribution in [-0.2, 0) is 4.74 Å². The quantitative estimate of drug-likeness (QED) is 0.420. The molecule has 1 aromatic rings. The average molecular weight is 224 g/mol. The van der Waals surface area contributed by atoms with E-state index in [2.05, 4.69) is 15.4 Å². The second kappa shape index (κ2) is 5.09. The minimum absolute atomic E-state index is 0.470. The van der Waals surface area contributed by atoms with Crippen LogP contribution in [0.2, 0.25) is 0 Å². The summed E-state index contributed by atoms with van der Waals surface area (Å²) in [6.07, 6.45) is 2.29. The topological polar surface area (TPSA) is 82.3 Å². The van der Waals surface area contributed by atoms with E-state index in [0.29, 0.717) is 30.8 Å². The van der Waals surface area contributed by atoms with E-state index in [1.807, 2.05) is 0 Å². The molecule has 0 saturated heterocycles. The summed E-state index contributed by atoms with van der Waals surface area (Å²) in [5.74, 6) is 7.75. The highest BCUT2D eigenvalue weighted by Gasteiger charge is 2.27. The summed E-state index contributed by atoms with van der Waals surface area (Å²) in [5, 5.41) is 0. The van der Waals surface area contributed by atoms with E-state index >= 15 is 0 Å². The van der Waals surface area contributed by atoms with Gasteiger partial charge in [0.15, 0.2) is 0 Å². The van der Waals surface area contributed by atoms with Gasteiger partial charge in [-0.25, -0.2) is 10.8 Å². The van der Waals surface area contributed by atoms with E-state index in [9.17, 15) is 0 Å². The molecule has 1 fully saturated rings. The first-order valence-corrected chi connectivity index (χ1v) is 5.31. The Balaban J connectivity index is 2.06. The number of hydrogen-bond acceptors (Lipinski definition) is 6. The first-order valence-electron chi connectivity index (χ1n) is 5.31. The van der Waals surface area contributed by atoms with Gasteiger partial charge in [0.05, 0.1) is 6.61 Å². The van der Waals surface area contributed by atoms with Gasteiger partial charge in [0.25, 0.3) is 0 Å². The maximum absolute atomic E-state index is 5.44. The highest BCUT2D eigenvalue weighted by atomic mass is 16.5. The Hall–Kier alpha value is -1.40. The number of aromatic nitrogens is 2. The maximum Gasteiger partial charge on any atom is 0.218 e. The normalized spacial score (nSPS) is 14.9. The standard InChI is InChI=1S/C10H16N4O2/c1-15-4-5-16-9-6-8(14-11)12-10(13-9)7-2-3-7/h6-7H,2-5,11H2,1H3,(H,12,13,14). The molecule has 1 saturated carbocycles. The summed E-state index contributed by atoms with van der Waals surface area (Å²) < 4.78 is 10.3. The molecule has 2 rings (SSSR count). The number of nitrogen functional groups attached to an aromatic ring is 1. The number of methoxy groups -OCH3 is 1. The number of hydrazine groups is 1. The van der Waals surface area contributed by atoms with Crippen LogP contribution >= 0.6 is 0 Å². The number of hydrogen-bond donors (Lipinski definition) is 2. The summed E-state index contributed by atoms with van der Waals surface area (Å²) in [6.45, 7) is 1.01. The minimum Gasteiger partial charge on any atom is -0.475 e. The molecule has 0 aliphatic heterocycles. The molecule has 1 aliphatic rings. The van der Waals surface area contributed by atoms with Gasteiger partial charge in [-0.1, -0.05) is 0 Å². The van der Waals surface area contributed by atoms with Gasteiger partial charge in [-0.3, -0.25) is 0 Å². The molecule has 0 atom stereocenters. The van der Waals surface area contributed by atoms with Crippen LogP contribution in [0.15, 0.2) is 6.07 Å². The Morgan fingerprint density at radius 2 is 2.25 bits per heavy atom. The fourth-order valence-corrected chi connectivity index (χ4v) is 1.34. The van der Waals surface area contributed by atoms with Gasteiger partial charge in [0.2, 0.25) is 5.88 Å². The third-order valence-corrected chi connectivity index (χ3v) is 2.35. The third kappa shape index (κ3) is 2.80. The number of nitrogens with two attached hydrogens (primary N) is 1. The molecule has 6 nitrogen and oxygen atoms in total. The fourth-order valence-electron chi connectivity index (χ4n) is 1.34. The van der Waals surface area contributed by atoms with Crippen LogP contribution in [0.25, 0.3) is 0 Å². The molecule has 1 heterocycles. The monoisotopic (exact) mass is 224 g/mol. The molecule has 0 radical (unpaired) electrons. The van der Waals surface area contributed by atoms with E-state index in [1.165, 1.54) is 0 Å². The SMILES string of the molecule is COCCOc1cc(NN)nc(C2CC2)n1. The zero-order valence-corrected chi connectivity index (χ0v) is 9.27. The highest BCUT2D eigenvalue weighted by molar-refractivity contribution is 5.38. The van der Waals surface area contributed by atoms with Crippen LogP contribution in [0.3, 0.4) is 0 Å². The van der Waals surface area contributed by atoms with Crippen molar-refractivity contribution in [3.05, 3.63) is 11.9 Å². The molecule has 88 valence electrons. The molecular weight excluding hydrogens is 208 g/mol. The van der Waals surface area contributed by atoms with Crippen LogP contribution in [-0.4, -0.2) is 30.3 Å². The Morgan fingerprint density at radius 1 is 1.44 bits per heavy atom. The molecule has 0 aromatic carbocycles. The maximum atomic E-state index is 5.44. The third-order valence-electron chi connectivity index (χ3n) is 2.35. The molecule has 0 amide bonds. The lowest BCUT2D eigenvalue weighted by Crippen LogP contribution is -2.12. The predicted octanol–water partition coefficient (Wildman–Crippen LogP) is 0.665. The Bertz CT molecular complexity index is 355. The van der Waals surface area contributed by atoms with Crippen LogP contribution in [0.5, 0.6) is 5.88 Å². The molecule has 1 aliphatic carbocycles. The molecule has 16 heavy (non-hydrogen) atoms. The van der Waals surface area contributed by atoms with Crippen molar-refractivity contribution >= 4 is 5.82 Å². The summed E-state index contributed by atoms with van der Waals surface area (Å²) in [7, 11) is 1.63. The highest BCUT2D eigenvalue weighted by Crippen LogP contribution is 2.38. The zero-order chi connectivity index (χ0) is 11.4. The van der Waals surface area contributed by atoms with Crippen LogP contribution in [0, 0.1) is 0 Å². The van der Waals surface area contributed by atoms with Crippen molar-refractivity contribution in [1.29, 1.82) is 0 Å². The number of rotatable bonds is 6. The summed E-state index contributed by atoms with van der Waals surface area (Å²) in [6, 6.07) is 1.68. The second-order valence-corrected chi connectivity index (χ2v) is 3.71. The fraction of sp³-hybridized carbons (Fsp3) is 0.600. The molecule has 1 aromatic heterocycles. The Labute approximate surface area is 94.1 Å². The van der Waals surface area contributed by atoms with Gasteiger partial charge in [0.1, 0.15) is 18.2 Å². The van der Waals surface area contributed by atoms with Crippen molar-refractivity contribution in [2.45, 2.75) is 18.8 Å². The lowest BCUT2D eigenvalue weighted by Gasteiger charge is -2.08. The lowest BCUT2D eigenvalue weighted by molar-refractivity contribution is 0.143. The summed E-state index contributed by atoms with van der Waals surface area (Å²) >= 11 is 0. The van der Waals surface area contributed by atoms with E-state index in [-0.39, 0.29) is 0 Å². The van der Waals surface area contributed by atoms with Crippen molar-refractivity contribution in [2.24, 2.45) is 5.84 Å². The van der Waals surface area contributed by atoms with Gasteiger partial charge in [-0.15, -0.1) is 0 Å². The van der Waals surface area contributed by atoms with E-state index < -0.39 is 0 Å². The number of ether oxygens (including phenoxy) is 2. The first-order chi connectivity index (χ1) is 7.83. The Morgan fingerprint density at radius 3 is 2.88 bits per heavy atom. The number of anilines is 1. The van der Waals surface area contributed by atoms with Gasteiger partial charge in [-0.05, 0) is 12.8 Å². The van der Waals surface area contributed by atoms with Crippen LogP contribution in [0.4, 0.5) is 5.82 Å². The van der Waals surface area contributed by atoms with Crippen molar-refractivity contribution in [3.8, 4) is 5.88 Å². The minimum atomic E-state index is 0.470. The van der Waals surface area contributed by atoms with E-state index in [1.54, 1.807) is 13.2 Å². The second-order valence-electron chi connectivity index (χ2n) is 3.71. The van der Waals surface area contributed by atoms with Crippen molar-refractivity contribution in [3.63, 3.8) is 0 Å². The Kier molecular flexibility index (Phi) is 3.53. The van der Waals surface area contributed by atoms with Crippen molar-refractivity contribution < 1.29 is 9.47 Å². The largest absolute Gasteiger partial charge is 0.475 e. The first kappa shape index (κ1) is 11.1. The van der Waals surface area contributed by atoms with Gasteiger partial charge >= 0.3 is 0 Å². The molecular formula is C10H16N4O2. The molecule has 0 bridgehead atoms. The van der Waals surface area contributed by atoms with Gasteiger partial charge < -0.3 is 14.9 Å². The van der Waals surface area contributed by atoms with Gasteiger partial charge in [0, 0.05) is 19.1 Å². The van der Waals surface area contributed by atoms with Crippen molar-refractivity contribution in [2.75, 3.05) is 25.7 Å². The van der Waals surface area contributed by atoms with E-state index in [4.69, 9.17) is 15.3 Å². The van der Waals surface area contributed by atoms with Gasteiger partial charge in [-0.2, -0.15) is 4.98 Å². The lowest BCUT2D eigenvalue weighted by atomic mass is 10.4.